The maximum atomic E-state index is 9.47. The predicted octanol–water partition coefficient (Wildman–Crippen LogP) is -1.82. The molecule has 1 unspecified atom stereocenters. The summed E-state index contributed by atoms with van der Waals surface area (Å²) < 4.78 is 0. The van der Waals surface area contributed by atoms with Gasteiger partial charge in [0.1, 0.15) is 0 Å². The predicted molar refractivity (Wildman–Crippen MR) is 46.2 cm³/mol. The fourth-order valence-electron chi connectivity index (χ4n) is 0.954. The van der Waals surface area contributed by atoms with Crippen LogP contribution in [0.3, 0.4) is 0 Å². The van der Waals surface area contributed by atoms with E-state index in [-0.39, 0.29) is 19.9 Å². The molecule has 0 saturated heterocycles. The van der Waals surface area contributed by atoms with Crippen molar-refractivity contribution >= 4 is 0 Å². The Labute approximate surface area is 80.3 Å². The molecule has 0 aliphatic rings. The highest BCUT2D eigenvalue weighted by molar-refractivity contribution is 5.18. The number of hydrogen-bond donors (Lipinski definition) is 2. The highest BCUT2D eigenvalue weighted by atomic mass is 35.5. The number of aliphatic hydroxyl groups excluding tert-OH is 1. The monoisotopic (exact) mass is 187 g/mol. The lowest BCUT2D eigenvalue weighted by Gasteiger charge is -2.13. The summed E-state index contributed by atoms with van der Waals surface area (Å²) >= 11 is 0. The van der Waals surface area contributed by atoms with E-state index in [2.05, 4.69) is 0 Å². The molecule has 0 saturated carbocycles. The van der Waals surface area contributed by atoms with Gasteiger partial charge in [0.25, 0.3) is 0 Å². The molecule has 0 spiro atoms. The molecule has 1 rings (SSSR count). The summed E-state index contributed by atoms with van der Waals surface area (Å²) in [5.41, 5.74) is 6.40. The van der Waals surface area contributed by atoms with Crippen LogP contribution < -0.4 is 18.1 Å². The van der Waals surface area contributed by atoms with Gasteiger partial charge in [-0.3, -0.25) is 0 Å². The molecule has 12 heavy (non-hydrogen) atoms. The third-order valence-electron chi connectivity index (χ3n) is 1.64. The van der Waals surface area contributed by atoms with Gasteiger partial charge in [0.15, 0.2) is 0 Å². The number of aliphatic hydroxyl groups is 1. The molecule has 68 valence electrons. The van der Waals surface area contributed by atoms with E-state index >= 15 is 0 Å². The van der Waals surface area contributed by atoms with Crippen LogP contribution in [0.25, 0.3) is 0 Å². The van der Waals surface area contributed by atoms with E-state index in [4.69, 9.17) is 5.73 Å². The molecule has 0 fully saturated rings. The largest absolute Gasteiger partial charge is 1.00 e. The minimum atomic E-state index is -0.545. The number of rotatable bonds is 2. The standard InChI is InChI=1S/C9H13NO.ClH/c1-7(10)9(11)8-5-3-2-4-6-8;/h2-7,9,11H,10H2,1H3;1H/t7-,9?;/m1./s1. The van der Waals surface area contributed by atoms with Crippen molar-refractivity contribution in [3.63, 3.8) is 0 Å². The molecule has 1 aromatic carbocycles. The first-order chi connectivity index (χ1) is 5.22. The molecular formula is C9H14ClNO. The molecule has 0 amide bonds. The van der Waals surface area contributed by atoms with Gasteiger partial charge in [-0.05, 0) is 12.5 Å². The Balaban J connectivity index is 0. The van der Waals surface area contributed by atoms with Gasteiger partial charge in [-0.2, -0.15) is 0 Å². The van der Waals surface area contributed by atoms with E-state index in [1.165, 1.54) is 0 Å². The minimum absolute atomic E-state index is 0. The second-order valence-corrected chi connectivity index (χ2v) is 2.71. The lowest BCUT2D eigenvalue weighted by atomic mass is 10.0. The molecule has 0 aliphatic heterocycles. The summed E-state index contributed by atoms with van der Waals surface area (Å²) in [6, 6.07) is 9.22. The quantitative estimate of drug-likeness (QED) is 0.573. The Morgan fingerprint density at radius 3 is 2.25 bits per heavy atom. The lowest BCUT2D eigenvalue weighted by molar-refractivity contribution is -0.00000372. The van der Waals surface area contributed by atoms with Gasteiger partial charge >= 0.3 is 1.43 Å². The third kappa shape index (κ3) is 2.81. The molecule has 3 heteroatoms. The fraction of sp³-hybridized carbons (Fsp3) is 0.333. The Morgan fingerprint density at radius 1 is 1.33 bits per heavy atom. The number of hydrogen-bond acceptors (Lipinski definition) is 2. The van der Waals surface area contributed by atoms with Crippen molar-refractivity contribution in [3.05, 3.63) is 35.9 Å². The average Bonchev–Trinajstić information content (AvgIpc) is 2.05. The van der Waals surface area contributed by atoms with Crippen molar-refractivity contribution in [1.29, 1.82) is 0 Å². The van der Waals surface area contributed by atoms with Crippen LogP contribution >= 0.6 is 0 Å². The van der Waals surface area contributed by atoms with Crippen LogP contribution in [0.2, 0.25) is 0 Å². The summed E-state index contributed by atoms with van der Waals surface area (Å²) in [5, 5.41) is 9.47. The van der Waals surface area contributed by atoms with E-state index in [1.54, 1.807) is 6.92 Å². The zero-order valence-corrected chi connectivity index (χ0v) is 7.70. The first-order valence-corrected chi connectivity index (χ1v) is 3.70. The topological polar surface area (TPSA) is 46.2 Å². The SMILES string of the molecule is C[C@@H](N)C(O)c1ccccc1.[Cl-].[H+]. The fourth-order valence-corrected chi connectivity index (χ4v) is 0.954. The maximum absolute atomic E-state index is 9.47. The molecule has 0 heterocycles. The Morgan fingerprint density at radius 2 is 1.83 bits per heavy atom. The summed E-state index contributed by atoms with van der Waals surface area (Å²) in [5.74, 6) is 0. The minimum Gasteiger partial charge on any atom is -1.00 e. The Kier molecular flexibility index (Phi) is 4.90. The van der Waals surface area contributed by atoms with Crippen molar-refractivity contribution in [3.8, 4) is 0 Å². The van der Waals surface area contributed by atoms with Crippen molar-refractivity contribution in [2.45, 2.75) is 19.1 Å². The molecule has 1 aromatic rings. The average molecular weight is 188 g/mol. The van der Waals surface area contributed by atoms with Crippen LogP contribution in [-0.4, -0.2) is 11.1 Å². The molecule has 0 bridgehead atoms. The Hall–Kier alpha value is -0.570. The van der Waals surface area contributed by atoms with E-state index in [1.807, 2.05) is 30.3 Å². The van der Waals surface area contributed by atoms with Gasteiger partial charge < -0.3 is 23.2 Å². The van der Waals surface area contributed by atoms with E-state index in [9.17, 15) is 5.11 Å². The van der Waals surface area contributed by atoms with Crippen LogP contribution in [0.1, 0.15) is 20.0 Å². The number of benzene rings is 1. The normalized spacial score (nSPS) is 14.6. The van der Waals surface area contributed by atoms with Gasteiger partial charge in [0, 0.05) is 6.04 Å². The molecule has 2 atom stereocenters. The number of halogens is 1. The highest BCUT2D eigenvalue weighted by Crippen LogP contribution is 2.13. The summed E-state index contributed by atoms with van der Waals surface area (Å²) in [6.07, 6.45) is -0.545. The first kappa shape index (κ1) is 11.4. The van der Waals surface area contributed by atoms with Crippen LogP contribution in [0.15, 0.2) is 30.3 Å². The zero-order chi connectivity index (χ0) is 8.27. The van der Waals surface area contributed by atoms with Crippen molar-refractivity contribution in [2.75, 3.05) is 0 Å². The summed E-state index contributed by atoms with van der Waals surface area (Å²) in [4.78, 5) is 0. The molecule has 0 aliphatic carbocycles. The van der Waals surface area contributed by atoms with Gasteiger partial charge in [0.05, 0.1) is 6.10 Å². The van der Waals surface area contributed by atoms with Crippen LogP contribution in [0.5, 0.6) is 0 Å². The van der Waals surface area contributed by atoms with Crippen LogP contribution in [-0.2, 0) is 0 Å². The molecule has 0 aromatic heterocycles. The number of nitrogens with two attached hydrogens (primary N) is 1. The van der Waals surface area contributed by atoms with E-state index in [0.29, 0.717) is 0 Å². The summed E-state index contributed by atoms with van der Waals surface area (Å²) in [7, 11) is 0. The second kappa shape index (κ2) is 5.14. The molecule has 0 radical (unpaired) electrons. The van der Waals surface area contributed by atoms with Crippen molar-refractivity contribution < 1.29 is 18.9 Å². The molecular weight excluding hydrogens is 174 g/mol. The second-order valence-electron chi connectivity index (χ2n) is 2.71. The van der Waals surface area contributed by atoms with E-state index < -0.39 is 6.10 Å². The van der Waals surface area contributed by atoms with Crippen molar-refractivity contribution in [1.82, 2.24) is 0 Å². The maximum Gasteiger partial charge on any atom is 1.00 e. The lowest BCUT2D eigenvalue weighted by Crippen LogP contribution is -3.00. The van der Waals surface area contributed by atoms with Crippen LogP contribution in [0, 0.1) is 0 Å². The van der Waals surface area contributed by atoms with Crippen LogP contribution in [0.4, 0.5) is 0 Å². The first-order valence-electron chi connectivity index (χ1n) is 3.70. The van der Waals surface area contributed by atoms with Gasteiger partial charge in [0.2, 0.25) is 0 Å². The Bertz CT molecular complexity index is 218. The van der Waals surface area contributed by atoms with Gasteiger partial charge in [-0.1, -0.05) is 30.3 Å². The zero-order valence-electron chi connectivity index (χ0n) is 7.94. The van der Waals surface area contributed by atoms with Crippen molar-refractivity contribution in [2.24, 2.45) is 5.73 Å². The smallest absolute Gasteiger partial charge is 1.00 e. The van der Waals surface area contributed by atoms with Gasteiger partial charge in [-0.25, -0.2) is 0 Å². The molecule has 2 nitrogen and oxygen atoms in total. The summed E-state index contributed by atoms with van der Waals surface area (Å²) in [6.45, 7) is 1.79. The van der Waals surface area contributed by atoms with E-state index in [0.717, 1.165) is 5.56 Å². The van der Waals surface area contributed by atoms with Gasteiger partial charge in [-0.15, -0.1) is 0 Å². The third-order valence-corrected chi connectivity index (χ3v) is 1.64. The molecule has 3 N–H and O–H groups in total. The highest BCUT2D eigenvalue weighted by Gasteiger charge is 2.10.